The maximum Gasteiger partial charge on any atom is 0.339 e. The maximum absolute atomic E-state index is 13.1. The van der Waals surface area contributed by atoms with Gasteiger partial charge in [-0.05, 0) is 51.7 Å². The Labute approximate surface area is 174 Å². The standard InChI is InChI=1S/C22H34N4O3/c1-4-19-8-6-7-11-26(19)21(27)17(3)24-12-14-25(15-13-24)20-10-9-18(16-23-20)22(28)29-5-2/h9-10,16-17,19H,4-8,11-15H2,1-3H3. The quantitative estimate of drug-likeness (QED) is 0.682. The summed E-state index contributed by atoms with van der Waals surface area (Å²) in [6.45, 7) is 10.6. The van der Waals surface area contributed by atoms with Gasteiger partial charge in [0.15, 0.2) is 0 Å². The molecule has 3 rings (SSSR count). The monoisotopic (exact) mass is 402 g/mol. The fourth-order valence-corrected chi connectivity index (χ4v) is 4.36. The van der Waals surface area contributed by atoms with Crippen LogP contribution in [-0.2, 0) is 9.53 Å². The molecule has 1 amide bonds. The normalized spacial score (nSPS) is 21.7. The molecule has 2 atom stereocenters. The third-order valence-electron chi connectivity index (χ3n) is 6.18. The van der Waals surface area contributed by atoms with Gasteiger partial charge < -0.3 is 14.5 Å². The Bertz CT molecular complexity index is 686. The highest BCUT2D eigenvalue weighted by Crippen LogP contribution is 2.22. The highest BCUT2D eigenvalue weighted by atomic mass is 16.5. The van der Waals surface area contributed by atoms with Crippen molar-refractivity contribution in [3.63, 3.8) is 0 Å². The fraction of sp³-hybridized carbons (Fsp3) is 0.682. The van der Waals surface area contributed by atoms with Crippen LogP contribution in [0.15, 0.2) is 18.3 Å². The van der Waals surface area contributed by atoms with E-state index in [9.17, 15) is 9.59 Å². The molecule has 3 heterocycles. The molecule has 0 bridgehead atoms. The minimum absolute atomic E-state index is 0.0801. The van der Waals surface area contributed by atoms with Crippen LogP contribution in [0.3, 0.4) is 0 Å². The van der Waals surface area contributed by atoms with Gasteiger partial charge in [-0.2, -0.15) is 0 Å². The number of esters is 1. The van der Waals surface area contributed by atoms with Crippen LogP contribution in [0.2, 0.25) is 0 Å². The molecule has 0 spiro atoms. The van der Waals surface area contributed by atoms with Gasteiger partial charge in [-0.15, -0.1) is 0 Å². The van der Waals surface area contributed by atoms with E-state index in [4.69, 9.17) is 4.74 Å². The molecule has 1 aromatic heterocycles. The zero-order valence-electron chi connectivity index (χ0n) is 18.0. The molecule has 2 unspecified atom stereocenters. The fourth-order valence-electron chi connectivity index (χ4n) is 4.36. The average molecular weight is 403 g/mol. The molecule has 2 aliphatic heterocycles. The average Bonchev–Trinajstić information content (AvgIpc) is 2.78. The topological polar surface area (TPSA) is 66.0 Å². The van der Waals surface area contributed by atoms with E-state index in [2.05, 4.69) is 26.6 Å². The van der Waals surface area contributed by atoms with Gasteiger partial charge in [-0.1, -0.05) is 6.92 Å². The first-order valence-electron chi connectivity index (χ1n) is 11.0. The summed E-state index contributed by atoms with van der Waals surface area (Å²) >= 11 is 0. The molecule has 29 heavy (non-hydrogen) atoms. The number of piperazine rings is 1. The largest absolute Gasteiger partial charge is 0.462 e. The summed E-state index contributed by atoms with van der Waals surface area (Å²) < 4.78 is 5.01. The maximum atomic E-state index is 13.1. The van der Waals surface area contributed by atoms with Crippen LogP contribution >= 0.6 is 0 Å². The van der Waals surface area contributed by atoms with Crippen molar-refractivity contribution in [3.8, 4) is 0 Å². The molecule has 7 nitrogen and oxygen atoms in total. The van der Waals surface area contributed by atoms with Crippen LogP contribution in [0.4, 0.5) is 5.82 Å². The van der Waals surface area contributed by atoms with E-state index in [1.54, 1.807) is 19.2 Å². The summed E-state index contributed by atoms with van der Waals surface area (Å²) in [6, 6.07) is 3.96. The van der Waals surface area contributed by atoms with Crippen molar-refractivity contribution in [1.82, 2.24) is 14.8 Å². The van der Waals surface area contributed by atoms with Gasteiger partial charge >= 0.3 is 5.97 Å². The Hall–Kier alpha value is -2.15. The minimum atomic E-state index is -0.341. The Morgan fingerprint density at radius 2 is 1.90 bits per heavy atom. The number of aromatic nitrogens is 1. The summed E-state index contributed by atoms with van der Waals surface area (Å²) in [6.07, 6.45) is 6.11. The second-order valence-electron chi connectivity index (χ2n) is 7.91. The van der Waals surface area contributed by atoms with Crippen molar-refractivity contribution in [1.29, 1.82) is 0 Å². The lowest BCUT2D eigenvalue weighted by molar-refractivity contribution is -0.140. The molecule has 0 radical (unpaired) electrons. The van der Waals surface area contributed by atoms with E-state index in [0.717, 1.165) is 57.8 Å². The lowest BCUT2D eigenvalue weighted by Gasteiger charge is -2.42. The van der Waals surface area contributed by atoms with Crippen LogP contribution in [0.5, 0.6) is 0 Å². The predicted molar refractivity (Wildman–Crippen MR) is 113 cm³/mol. The number of amides is 1. The smallest absolute Gasteiger partial charge is 0.339 e. The second kappa shape index (κ2) is 10.1. The summed E-state index contributed by atoms with van der Waals surface area (Å²) in [5.41, 5.74) is 0.473. The number of likely N-dealkylation sites (tertiary alicyclic amines) is 1. The van der Waals surface area contributed by atoms with E-state index in [1.807, 2.05) is 13.0 Å². The number of carbonyl (C=O) groups excluding carboxylic acids is 2. The highest BCUT2D eigenvalue weighted by Gasteiger charge is 2.32. The first-order valence-corrected chi connectivity index (χ1v) is 11.0. The van der Waals surface area contributed by atoms with E-state index in [1.165, 1.54) is 6.42 Å². The van der Waals surface area contributed by atoms with E-state index in [-0.39, 0.29) is 17.9 Å². The van der Waals surface area contributed by atoms with Crippen molar-refractivity contribution in [2.24, 2.45) is 0 Å². The van der Waals surface area contributed by atoms with Gasteiger partial charge in [-0.3, -0.25) is 9.69 Å². The van der Waals surface area contributed by atoms with Gasteiger partial charge in [0.05, 0.1) is 18.2 Å². The molecule has 0 aliphatic carbocycles. The number of pyridine rings is 1. The van der Waals surface area contributed by atoms with Crippen molar-refractivity contribution in [2.75, 3.05) is 44.2 Å². The van der Waals surface area contributed by atoms with Gasteiger partial charge in [0.25, 0.3) is 0 Å². The van der Waals surface area contributed by atoms with Crippen molar-refractivity contribution < 1.29 is 14.3 Å². The number of hydrogen-bond acceptors (Lipinski definition) is 6. The van der Waals surface area contributed by atoms with Gasteiger partial charge in [-0.25, -0.2) is 9.78 Å². The summed E-state index contributed by atoms with van der Waals surface area (Å²) in [5.74, 6) is 0.799. The number of anilines is 1. The number of hydrogen-bond donors (Lipinski definition) is 0. The number of piperidine rings is 1. The minimum Gasteiger partial charge on any atom is -0.462 e. The SMILES string of the molecule is CCOC(=O)c1ccc(N2CCN(C(C)C(=O)N3CCCCC3CC)CC2)nc1. The zero-order valence-corrected chi connectivity index (χ0v) is 18.0. The number of carbonyl (C=O) groups is 2. The van der Waals surface area contributed by atoms with Crippen molar-refractivity contribution in [2.45, 2.75) is 58.5 Å². The number of ether oxygens (including phenoxy) is 1. The molecule has 1 aromatic rings. The van der Waals surface area contributed by atoms with Gasteiger partial charge in [0.1, 0.15) is 5.82 Å². The van der Waals surface area contributed by atoms with Crippen LogP contribution in [-0.4, -0.2) is 78.1 Å². The van der Waals surface area contributed by atoms with Crippen molar-refractivity contribution >= 4 is 17.7 Å². The van der Waals surface area contributed by atoms with E-state index < -0.39 is 0 Å². The van der Waals surface area contributed by atoms with Crippen molar-refractivity contribution in [3.05, 3.63) is 23.9 Å². The predicted octanol–water partition coefficient (Wildman–Crippen LogP) is 2.56. The first kappa shape index (κ1) is 21.6. The van der Waals surface area contributed by atoms with Gasteiger partial charge in [0, 0.05) is 45.0 Å². The lowest BCUT2D eigenvalue weighted by Crippen LogP contribution is -2.56. The molecule has 0 N–H and O–H groups in total. The Morgan fingerprint density at radius 3 is 2.52 bits per heavy atom. The van der Waals surface area contributed by atoms with Crippen LogP contribution in [0.25, 0.3) is 0 Å². The molecule has 7 heteroatoms. The second-order valence-corrected chi connectivity index (χ2v) is 7.91. The molecule has 0 aromatic carbocycles. The lowest BCUT2D eigenvalue weighted by atomic mass is 9.99. The highest BCUT2D eigenvalue weighted by molar-refractivity contribution is 5.89. The third-order valence-corrected chi connectivity index (χ3v) is 6.18. The van der Waals surface area contributed by atoms with Gasteiger partial charge in [0.2, 0.25) is 5.91 Å². The molecule has 2 fully saturated rings. The van der Waals surface area contributed by atoms with Crippen LogP contribution in [0.1, 0.15) is 56.8 Å². The zero-order chi connectivity index (χ0) is 20.8. The molecular formula is C22H34N4O3. The Kier molecular flexibility index (Phi) is 7.47. The molecule has 2 aliphatic rings. The van der Waals surface area contributed by atoms with Crippen LogP contribution < -0.4 is 4.90 Å². The first-order chi connectivity index (χ1) is 14.0. The Balaban J connectivity index is 1.54. The van der Waals surface area contributed by atoms with E-state index >= 15 is 0 Å². The molecule has 2 saturated heterocycles. The molecule has 0 saturated carbocycles. The Morgan fingerprint density at radius 1 is 1.14 bits per heavy atom. The van der Waals surface area contributed by atoms with Crippen LogP contribution in [0, 0.1) is 0 Å². The molecular weight excluding hydrogens is 368 g/mol. The number of rotatable bonds is 6. The summed E-state index contributed by atoms with van der Waals surface area (Å²) in [7, 11) is 0. The van der Waals surface area contributed by atoms with E-state index in [0.29, 0.717) is 18.2 Å². The number of nitrogens with zero attached hydrogens (tertiary/aromatic N) is 4. The summed E-state index contributed by atoms with van der Waals surface area (Å²) in [5, 5.41) is 0. The summed E-state index contributed by atoms with van der Waals surface area (Å²) in [4.78, 5) is 35.9. The molecule has 160 valence electrons. The third kappa shape index (κ3) is 5.07.